The summed E-state index contributed by atoms with van der Waals surface area (Å²) in [6.45, 7) is 4.69. The monoisotopic (exact) mass is 783 g/mol. The molecule has 1 spiro atoms. The average Bonchev–Trinajstić information content (AvgIpc) is 3.55. The Bertz CT molecular complexity index is 3160. The van der Waals surface area contributed by atoms with Crippen molar-refractivity contribution in [2.24, 2.45) is 0 Å². The lowest BCUT2D eigenvalue weighted by Gasteiger charge is -2.45. The van der Waals surface area contributed by atoms with Crippen LogP contribution in [0.4, 0.5) is 17.1 Å². The summed E-state index contributed by atoms with van der Waals surface area (Å²) in [5.41, 5.74) is 16.3. The van der Waals surface area contributed by atoms with Crippen molar-refractivity contribution >= 4 is 17.1 Å². The third-order valence-electron chi connectivity index (χ3n) is 13.2. The van der Waals surface area contributed by atoms with E-state index in [0.717, 1.165) is 73.4 Å². The molecule has 1 unspecified atom stereocenters. The smallest absolute Gasteiger partial charge is 0.156 e. The maximum absolute atomic E-state index is 7.30. The number of hydrogen-bond acceptors (Lipinski definition) is 3. The van der Waals surface area contributed by atoms with Crippen LogP contribution in [-0.2, 0) is 10.8 Å². The van der Waals surface area contributed by atoms with Crippen LogP contribution in [0.1, 0.15) is 47.2 Å². The molecule has 0 amide bonds. The van der Waals surface area contributed by atoms with Gasteiger partial charge in [-0.25, -0.2) is 0 Å². The Morgan fingerprint density at radius 1 is 0.344 bits per heavy atom. The Morgan fingerprint density at radius 3 is 1.59 bits per heavy atom. The summed E-state index contributed by atoms with van der Waals surface area (Å²) in [5.74, 6) is 3.30. The van der Waals surface area contributed by atoms with Crippen LogP contribution in [-0.4, -0.2) is 0 Å². The van der Waals surface area contributed by atoms with Gasteiger partial charge >= 0.3 is 0 Å². The summed E-state index contributed by atoms with van der Waals surface area (Å²) in [5, 5.41) is 0. The molecule has 0 saturated heterocycles. The van der Waals surface area contributed by atoms with Gasteiger partial charge < -0.3 is 14.4 Å². The van der Waals surface area contributed by atoms with Crippen LogP contribution in [0.2, 0.25) is 0 Å². The Kier molecular flexibility index (Phi) is 7.79. The van der Waals surface area contributed by atoms with E-state index in [1.807, 2.05) is 0 Å². The van der Waals surface area contributed by atoms with Gasteiger partial charge in [-0.2, -0.15) is 0 Å². The summed E-state index contributed by atoms with van der Waals surface area (Å²) in [6.07, 6.45) is 0. The Labute approximate surface area is 356 Å². The van der Waals surface area contributed by atoms with Crippen molar-refractivity contribution in [1.82, 2.24) is 0 Å². The highest BCUT2D eigenvalue weighted by Gasteiger charge is 2.51. The van der Waals surface area contributed by atoms with Gasteiger partial charge in [0, 0.05) is 39.0 Å². The van der Waals surface area contributed by atoms with Gasteiger partial charge in [0.15, 0.2) is 5.75 Å². The van der Waals surface area contributed by atoms with Gasteiger partial charge in [0.25, 0.3) is 0 Å². The van der Waals surface area contributed by atoms with Crippen molar-refractivity contribution in [3.05, 3.63) is 246 Å². The Hall–Kier alpha value is -7.62. The second-order valence-corrected chi connectivity index (χ2v) is 16.8. The normalized spacial score (nSPS) is 15.8. The van der Waals surface area contributed by atoms with Crippen LogP contribution in [0.25, 0.3) is 33.4 Å². The zero-order valence-corrected chi connectivity index (χ0v) is 34.0. The van der Waals surface area contributed by atoms with E-state index >= 15 is 0 Å². The van der Waals surface area contributed by atoms with Crippen LogP contribution in [0.3, 0.4) is 0 Å². The zero-order valence-electron chi connectivity index (χ0n) is 34.0. The molecule has 0 radical (unpaired) electrons. The van der Waals surface area contributed by atoms with Crippen LogP contribution >= 0.6 is 0 Å². The molecule has 0 bridgehead atoms. The Morgan fingerprint density at radius 2 is 0.869 bits per heavy atom. The van der Waals surface area contributed by atoms with Gasteiger partial charge in [0.1, 0.15) is 17.2 Å². The SMILES string of the molecule is CC1(C)c2ccccc2-c2ccc(N(c3ccc(-c4ccccc4)cc3)c3cccc4c3Oc3ccccc3C43c4ccccc4Oc4ccc(-c5ccccc5)cc43)cc21. The van der Waals surface area contributed by atoms with E-state index in [9.17, 15) is 0 Å². The van der Waals surface area contributed by atoms with Crippen molar-refractivity contribution in [2.75, 3.05) is 4.90 Å². The predicted octanol–water partition coefficient (Wildman–Crippen LogP) is 15.4. The van der Waals surface area contributed by atoms with E-state index in [1.165, 1.54) is 33.4 Å². The average molecular weight is 784 g/mol. The maximum Gasteiger partial charge on any atom is 0.156 e. The van der Waals surface area contributed by atoms with Gasteiger partial charge in [-0.1, -0.05) is 172 Å². The van der Waals surface area contributed by atoms with E-state index in [0.29, 0.717) is 0 Å². The third kappa shape index (κ3) is 5.23. The molecule has 2 aliphatic heterocycles. The number of hydrogen-bond donors (Lipinski definition) is 0. The van der Waals surface area contributed by atoms with Crippen LogP contribution in [0, 0.1) is 0 Å². The predicted molar refractivity (Wildman–Crippen MR) is 248 cm³/mol. The first kappa shape index (κ1) is 35.3. The largest absolute Gasteiger partial charge is 0.457 e. The quantitative estimate of drug-likeness (QED) is 0.174. The molecule has 9 aromatic rings. The van der Waals surface area contributed by atoms with Gasteiger partial charge in [-0.05, 0) is 99.1 Å². The Balaban J connectivity index is 1.13. The zero-order chi connectivity index (χ0) is 40.7. The molecule has 9 aromatic carbocycles. The highest BCUT2D eigenvalue weighted by atomic mass is 16.5. The molecule has 3 aliphatic rings. The number of ether oxygens (including phenoxy) is 2. The van der Waals surface area contributed by atoms with Crippen molar-refractivity contribution in [1.29, 1.82) is 0 Å². The van der Waals surface area contributed by atoms with Gasteiger partial charge in [-0.15, -0.1) is 0 Å². The molecule has 0 saturated carbocycles. The number of nitrogens with zero attached hydrogens (tertiary/aromatic N) is 1. The summed E-state index contributed by atoms with van der Waals surface area (Å²) in [7, 11) is 0. The summed E-state index contributed by atoms with van der Waals surface area (Å²) >= 11 is 0. The molecular weight excluding hydrogens is 743 g/mol. The molecule has 0 N–H and O–H groups in total. The van der Waals surface area contributed by atoms with E-state index in [-0.39, 0.29) is 5.41 Å². The lowest BCUT2D eigenvalue weighted by atomic mass is 9.62. The first-order valence-electron chi connectivity index (χ1n) is 21.1. The van der Waals surface area contributed by atoms with E-state index < -0.39 is 5.41 Å². The molecule has 1 aliphatic carbocycles. The van der Waals surface area contributed by atoms with E-state index in [2.05, 4.69) is 231 Å². The minimum Gasteiger partial charge on any atom is -0.457 e. The van der Waals surface area contributed by atoms with Crippen molar-refractivity contribution in [2.45, 2.75) is 24.7 Å². The second-order valence-electron chi connectivity index (χ2n) is 16.8. The molecule has 2 heterocycles. The van der Waals surface area contributed by atoms with Gasteiger partial charge in [0.2, 0.25) is 0 Å². The lowest BCUT2D eigenvalue weighted by molar-refractivity contribution is 0.400. The molecule has 3 heteroatoms. The molecule has 3 nitrogen and oxygen atoms in total. The van der Waals surface area contributed by atoms with Crippen molar-refractivity contribution < 1.29 is 9.47 Å². The topological polar surface area (TPSA) is 21.7 Å². The first-order chi connectivity index (χ1) is 30.0. The number of rotatable bonds is 5. The van der Waals surface area contributed by atoms with Crippen LogP contribution < -0.4 is 14.4 Å². The third-order valence-corrected chi connectivity index (χ3v) is 13.2. The molecular formula is C58H41NO2. The fraction of sp³-hybridized carbons (Fsp3) is 0.0690. The van der Waals surface area contributed by atoms with E-state index in [4.69, 9.17) is 9.47 Å². The minimum atomic E-state index is -0.764. The molecule has 290 valence electrons. The van der Waals surface area contributed by atoms with E-state index in [1.54, 1.807) is 0 Å². The van der Waals surface area contributed by atoms with Crippen molar-refractivity contribution in [3.63, 3.8) is 0 Å². The van der Waals surface area contributed by atoms with Gasteiger partial charge in [0.05, 0.1) is 11.1 Å². The van der Waals surface area contributed by atoms with Crippen molar-refractivity contribution in [3.8, 4) is 56.4 Å². The highest BCUT2D eigenvalue weighted by molar-refractivity contribution is 5.89. The van der Waals surface area contributed by atoms with Crippen LogP contribution in [0.15, 0.2) is 212 Å². The maximum atomic E-state index is 7.30. The summed E-state index contributed by atoms with van der Waals surface area (Å²) in [6, 6.07) is 76.3. The minimum absolute atomic E-state index is 0.174. The van der Waals surface area contributed by atoms with Gasteiger partial charge in [-0.3, -0.25) is 0 Å². The summed E-state index contributed by atoms with van der Waals surface area (Å²) < 4.78 is 14.1. The first-order valence-corrected chi connectivity index (χ1v) is 21.1. The molecule has 0 aromatic heterocycles. The number of fused-ring (bicyclic) bond motifs is 11. The fourth-order valence-corrected chi connectivity index (χ4v) is 10.3. The number of para-hydroxylation sites is 3. The lowest BCUT2D eigenvalue weighted by Crippen LogP contribution is -2.37. The number of anilines is 3. The molecule has 0 fully saturated rings. The molecule has 61 heavy (non-hydrogen) atoms. The number of benzene rings is 9. The molecule has 12 rings (SSSR count). The van der Waals surface area contributed by atoms with Crippen LogP contribution in [0.5, 0.6) is 23.0 Å². The fourth-order valence-electron chi connectivity index (χ4n) is 10.3. The molecule has 1 atom stereocenters. The highest BCUT2D eigenvalue weighted by Crippen LogP contribution is 2.64. The second kappa shape index (κ2) is 13.5. The standard InChI is InChI=1S/C58H41NO2/c1-57(2)46-21-10-9-20-44(46)45-34-33-43(37-50(45)57)59(42-31-28-40(29-32-42)38-16-5-3-6-17-38)52-25-15-24-49-56(52)61-54-27-14-12-23-48(54)58(49)47-22-11-13-26-53(47)60-55-35-30-41(36-51(55)58)39-18-7-4-8-19-39/h3-37H,1-2H3. The summed E-state index contributed by atoms with van der Waals surface area (Å²) in [4.78, 5) is 2.39.